The average Bonchev–Trinajstić information content (AvgIpc) is 2.87. The van der Waals surface area contributed by atoms with E-state index in [1.54, 1.807) is 11.3 Å². The van der Waals surface area contributed by atoms with Gasteiger partial charge in [-0.1, -0.05) is 0 Å². The second-order valence-corrected chi connectivity index (χ2v) is 6.44. The zero-order valence-corrected chi connectivity index (χ0v) is 14.1. The maximum Gasteiger partial charge on any atom is 0.416 e. The topological polar surface area (TPSA) is 12.5 Å². The summed E-state index contributed by atoms with van der Waals surface area (Å²) in [4.78, 5) is 3.47. The molecule has 1 aromatic carbocycles. The molecule has 1 aliphatic rings. The van der Waals surface area contributed by atoms with Crippen molar-refractivity contribution >= 4 is 23.7 Å². The van der Waals surface area contributed by atoms with Gasteiger partial charge in [0.1, 0.15) is 11.9 Å². The molecular formula is C16H17ClF3NOS. The Hall–Kier alpha value is -1.24. The van der Waals surface area contributed by atoms with Gasteiger partial charge in [0.15, 0.2) is 0 Å². The van der Waals surface area contributed by atoms with Crippen LogP contribution in [-0.2, 0) is 12.6 Å². The molecule has 0 N–H and O–H groups in total. The molecule has 0 bridgehead atoms. The van der Waals surface area contributed by atoms with Crippen molar-refractivity contribution in [3.63, 3.8) is 0 Å². The van der Waals surface area contributed by atoms with Gasteiger partial charge in [-0.25, -0.2) is 0 Å². The molecule has 2 aromatic rings. The van der Waals surface area contributed by atoms with Crippen LogP contribution in [0.25, 0.3) is 0 Å². The van der Waals surface area contributed by atoms with Crippen LogP contribution in [0.1, 0.15) is 22.1 Å². The van der Waals surface area contributed by atoms with Crippen LogP contribution >= 0.6 is 23.7 Å². The molecule has 0 aliphatic carbocycles. The van der Waals surface area contributed by atoms with Crippen LogP contribution in [0.4, 0.5) is 13.2 Å². The van der Waals surface area contributed by atoms with Crippen LogP contribution in [0.3, 0.4) is 0 Å². The summed E-state index contributed by atoms with van der Waals surface area (Å²) in [5.41, 5.74) is 0.489. The quantitative estimate of drug-likeness (QED) is 0.760. The van der Waals surface area contributed by atoms with Crippen molar-refractivity contribution in [1.82, 2.24) is 4.90 Å². The molecule has 0 spiro atoms. The van der Waals surface area contributed by atoms with Crippen molar-refractivity contribution in [2.24, 2.45) is 0 Å². The first kappa shape index (κ1) is 18.1. The van der Waals surface area contributed by atoms with Gasteiger partial charge in [0.25, 0.3) is 0 Å². The molecule has 1 unspecified atom stereocenters. The van der Waals surface area contributed by atoms with Crippen molar-refractivity contribution in [2.75, 3.05) is 20.1 Å². The van der Waals surface area contributed by atoms with E-state index in [4.69, 9.17) is 4.74 Å². The minimum Gasteiger partial charge on any atom is -0.484 e. The van der Waals surface area contributed by atoms with E-state index >= 15 is 0 Å². The van der Waals surface area contributed by atoms with Crippen LogP contribution in [0.15, 0.2) is 35.7 Å². The number of benzene rings is 1. The summed E-state index contributed by atoms with van der Waals surface area (Å²) in [7, 11) is 2.03. The highest BCUT2D eigenvalue weighted by Gasteiger charge is 2.30. The molecule has 23 heavy (non-hydrogen) atoms. The molecule has 1 aromatic heterocycles. The first-order chi connectivity index (χ1) is 10.4. The van der Waals surface area contributed by atoms with Crippen molar-refractivity contribution in [1.29, 1.82) is 0 Å². The fraction of sp³-hybridized carbons (Fsp3) is 0.375. The fourth-order valence-electron chi connectivity index (χ4n) is 2.59. The van der Waals surface area contributed by atoms with E-state index < -0.39 is 11.7 Å². The second kappa shape index (κ2) is 7.11. The predicted octanol–water partition coefficient (Wildman–Crippen LogP) is 4.80. The minimum atomic E-state index is -4.32. The van der Waals surface area contributed by atoms with Gasteiger partial charge < -0.3 is 9.64 Å². The number of fused-ring (bicyclic) bond motifs is 1. The van der Waals surface area contributed by atoms with Crippen LogP contribution in [0.5, 0.6) is 5.75 Å². The van der Waals surface area contributed by atoms with Crippen LogP contribution in [0, 0.1) is 0 Å². The smallest absolute Gasteiger partial charge is 0.416 e. The van der Waals surface area contributed by atoms with E-state index in [0.29, 0.717) is 5.75 Å². The molecule has 2 nitrogen and oxygen atoms in total. The van der Waals surface area contributed by atoms with E-state index in [2.05, 4.69) is 4.90 Å². The Balaban J connectivity index is 0.00000192. The highest BCUT2D eigenvalue weighted by molar-refractivity contribution is 7.10. The Morgan fingerprint density at radius 2 is 1.87 bits per heavy atom. The van der Waals surface area contributed by atoms with Gasteiger partial charge in [0.05, 0.1) is 5.56 Å². The summed E-state index contributed by atoms with van der Waals surface area (Å²) in [6.45, 7) is 1.69. The van der Waals surface area contributed by atoms with Gasteiger partial charge in [0, 0.05) is 23.5 Å². The molecule has 0 amide bonds. The Morgan fingerprint density at radius 3 is 2.52 bits per heavy atom. The van der Waals surface area contributed by atoms with Crippen molar-refractivity contribution in [3.8, 4) is 5.75 Å². The number of hydrogen-bond acceptors (Lipinski definition) is 3. The van der Waals surface area contributed by atoms with E-state index in [1.807, 2.05) is 18.5 Å². The van der Waals surface area contributed by atoms with Gasteiger partial charge >= 0.3 is 6.18 Å². The number of hydrogen-bond donors (Lipinski definition) is 0. The summed E-state index contributed by atoms with van der Waals surface area (Å²) in [6, 6.07) is 6.95. The number of halogens is 4. The zero-order valence-electron chi connectivity index (χ0n) is 12.5. The summed E-state index contributed by atoms with van der Waals surface area (Å²) in [5, 5.41) is 2.04. The SMILES string of the molecule is CN1CCc2sccc2C(Oc2ccc(C(F)(F)F)cc2)C1.Cl. The molecule has 3 rings (SSSR count). The molecule has 2 heterocycles. The third-order valence-electron chi connectivity index (χ3n) is 3.78. The van der Waals surface area contributed by atoms with Gasteiger partial charge in [-0.2, -0.15) is 13.2 Å². The fourth-order valence-corrected chi connectivity index (χ4v) is 3.52. The van der Waals surface area contributed by atoms with Gasteiger partial charge in [0.2, 0.25) is 0 Å². The van der Waals surface area contributed by atoms with Gasteiger partial charge in [-0.05, 0) is 49.2 Å². The monoisotopic (exact) mass is 363 g/mol. The molecule has 1 atom stereocenters. The molecule has 126 valence electrons. The lowest BCUT2D eigenvalue weighted by Gasteiger charge is -2.22. The molecule has 0 fully saturated rings. The maximum absolute atomic E-state index is 12.6. The average molecular weight is 364 g/mol. The largest absolute Gasteiger partial charge is 0.484 e. The Morgan fingerprint density at radius 1 is 1.17 bits per heavy atom. The number of nitrogens with zero attached hydrogens (tertiary/aromatic N) is 1. The zero-order chi connectivity index (χ0) is 15.7. The maximum atomic E-state index is 12.6. The normalized spacial score (nSPS) is 18.7. The van der Waals surface area contributed by atoms with Gasteiger partial charge in [-0.3, -0.25) is 0 Å². The Kier molecular flexibility index (Phi) is 5.60. The molecule has 0 radical (unpaired) electrons. The Bertz CT molecular complexity index is 642. The molecule has 7 heteroatoms. The summed E-state index contributed by atoms with van der Waals surface area (Å²) in [5.74, 6) is 0.463. The number of likely N-dealkylation sites (N-methyl/N-ethyl adjacent to an activating group) is 1. The number of thiophene rings is 1. The lowest BCUT2D eigenvalue weighted by atomic mass is 10.1. The van der Waals surface area contributed by atoms with Gasteiger partial charge in [-0.15, -0.1) is 23.7 Å². The minimum absolute atomic E-state index is 0. The summed E-state index contributed by atoms with van der Waals surface area (Å²) in [6.07, 6.45) is -3.48. The highest BCUT2D eigenvalue weighted by atomic mass is 35.5. The van der Waals surface area contributed by atoms with Crippen molar-refractivity contribution in [3.05, 3.63) is 51.7 Å². The third-order valence-corrected chi connectivity index (χ3v) is 4.78. The molecular weight excluding hydrogens is 347 g/mol. The first-order valence-corrected chi connectivity index (χ1v) is 7.90. The second-order valence-electron chi connectivity index (χ2n) is 5.44. The predicted molar refractivity (Wildman–Crippen MR) is 87.6 cm³/mol. The summed E-state index contributed by atoms with van der Waals surface area (Å²) >= 11 is 1.71. The Labute approximate surface area is 143 Å². The summed E-state index contributed by atoms with van der Waals surface area (Å²) < 4.78 is 43.7. The van der Waals surface area contributed by atoms with Crippen molar-refractivity contribution < 1.29 is 17.9 Å². The van der Waals surface area contributed by atoms with E-state index in [0.717, 1.165) is 37.2 Å². The highest BCUT2D eigenvalue weighted by Crippen LogP contribution is 2.33. The molecule has 1 aliphatic heterocycles. The third kappa shape index (κ3) is 4.19. The molecule has 0 saturated carbocycles. The van der Waals surface area contributed by atoms with E-state index in [1.165, 1.54) is 17.0 Å². The molecule has 0 saturated heterocycles. The first-order valence-electron chi connectivity index (χ1n) is 7.02. The van der Waals surface area contributed by atoms with E-state index in [-0.39, 0.29) is 18.5 Å². The standard InChI is InChI=1S/C16H16F3NOS.ClH/c1-20-8-6-15-13(7-9-22-15)14(10-20)21-12-4-2-11(3-5-12)16(17,18)19;/h2-5,7,9,14H,6,8,10H2,1H3;1H. The van der Waals surface area contributed by atoms with Crippen LogP contribution in [0.2, 0.25) is 0 Å². The number of ether oxygens (including phenoxy) is 1. The van der Waals surface area contributed by atoms with Crippen LogP contribution < -0.4 is 4.74 Å². The lowest BCUT2D eigenvalue weighted by molar-refractivity contribution is -0.137. The number of rotatable bonds is 2. The number of alkyl halides is 3. The lowest BCUT2D eigenvalue weighted by Crippen LogP contribution is -2.26. The van der Waals surface area contributed by atoms with Crippen molar-refractivity contribution in [2.45, 2.75) is 18.7 Å². The van der Waals surface area contributed by atoms with Crippen LogP contribution in [-0.4, -0.2) is 25.0 Å². The van der Waals surface area contributed by atoms with E-state index in [9.17, 15) is 13.2 Å².